The lowest BCUT2D eigenvalue weighted by Crippen LogP contribution is -2.15. The standard InChI is InChI=1S/C12H15NOS/c1-9(14)10(2)15-8-12-5-3-4-11(6-12)7-13/h3-6,9-10,14H,8H2,1-2H3/t9-,10+/m0/s1. The molecule has 1 N–H and O–H groups in total. The first-order chi connectivity index (χ1) is 7.13. The van der Waals surface area contributed by atoms with Crippen LogP contribution < -0.4 is 0 Å². The Morgan fingerprint density at radius 3 is 2.80 bits per heavy atom. The van der Waals surface area contributed by atoms with Gasteiger partial charge in [-0.25, -0.2) is 0 Å². The van der Waals surface area contributed by atoms with E-state index in [1.165, 1.54) is 0 Å². The normalized spacial score (nSPS) is 14.3. The molecular weight excluding hydrogens is 206 g/mol. The molecule has 1 aromatic rings. The van der Waals surface area contributed by atoms with Crippen LogP contribution in [0.15, 0.2) is 24.3 Å². The fourth-order valence-corrected chi connectivity index (χ4v) is 2.01. The van der Waals surface area contributed by atoms with Crippen molar-refractivity contribution in [3.63, 3.8) is 0 Å². The molecule has 0 spiro atoms. The molecular formula is C12H15NOS. The van der Waals surface area contributed by atoms with Crippen LogP contribution in [0, 0.1) is 11.3 Å². The van der Waals surface area contributed by atoms with E-state index in [-0.39, 0.29) is 11.4 Å². The summed E-state index contributed by atoms with van der Waals surface area (Å²) in [6.07, 6.45) is -0.297. The van der Waals surface area contributed by atoms with Crippen LogP contribution in [0.5, 0.6) is 0 Å². The highest BCUT2D eigenvalue weighted by Crippen LogP contribution is 2.20. The lowest BCUT2D eigenvalue weighted by atomic mass is 10.2. The van der Waals surface area contributed by atoms with E-state index in [1.807, 2.05) is 25.1 Å². The minimum Gasteiger partial charge on any atom is -0.392 e. The highest BCUT2D eigenvalue weighted by molar-refractivity contribution is 7.99. The molecule has 0 radical (unpaired) electrons. The number of aliphatic hydroxyl groups is 1. The van der Waals surface area contributed by atoms with E-state index in [1.54, 1.807) is 24.8 Å². The number of aliphatic hydroxyl groups excluding tert-OH is 1. The summed E-state index contributed by atoms with van der Waals surface area (Å²) in [5.41, 5.74) is 1.82. The topological polar surface area (TPSA) is 44.0 Å². The van der Waals surface area contributed by atoms with Crippen molar-refractivity contribution in [2.24, 2.45) is 0 Å². The van der Waals surface area contributed by atoms with Crippen LogP contribution >= 0.6 is 11.8 Å². The molecule has 2 nitrogen and oxygen atoms in total. The van der Waals surface area contributed by atoms with Gasteiger partial charge in [0.2, 0.25) is 0 Å². The monoisotopic (exact) mass is 221 g/mol. The summed E-state index contributed by atoms with van der Waals surface area (Å²) in [4.78, 5) is 0. The molecule has 0 unspecified atom stereocenters. The fraction of sp³-hybridized carbons (Fsp3) is 0.417. The first-order valence-corrected chi connectivity index (χ1v) is 5.97. The van der Waals surface area contributed by atoms with Gasteiger partial charge in [0, 0.05) is 11.0 Å². The zero-order chi connectivity index (χ0) is 11.3. The second-order valence-corrected chi connectivity index (χ2v) is 4.93. The second-order valence-electron chi connectivity index (χ2n) is 3.57. The van der Waals surface area contributed by atoms with Crippen molar-refractivity contribution in [1.82, 2.24) is 0 Å². The number of thioether (sulfide) groups is 1. The molecule has 0 heterocycles. The van der Waals surface area contributed by atoms with Gasteiger partial charge in [-0.15, -0.1) is 0 Å². The Bertz CT molecular complexity index is 357. The number of hydrogen-bond donors (Lipinski definition) is 1. The fourth-order valence-electron chi connectivity index (χ4n) is 1.10. The Morgan fingerprint density at radius 1 is 1.47 bits per heavy atom. The summed E-state index contributed by atoms with van der Waals surface area (Å²) in [6, 6.07) is 9.70. The average Bonchev–Trinajstić information content (AvgIpc) is 2.26. The van der Waals surface area contributed by atoms with E-state index in [2.05, 4.69) is 6.07 Å². The lowest BCUT2D eigenvalue weighted by Gasteiger charge is -2.13. The van der Waals surface area contributed by atoms with Crippen molar-refractivity contribution in [2.45, 2.75) is 31.0 Å². The Balaban J connectivity index is 2.55. The van der Waals surface area contributed by atoms with Gasteiger partial charge in [-0.05, 0) is 24.6 Å². The minimum absolute atomic E-state index is 0.218. The summed E-state index contributed by atoms with van der Waals surface area (Å²) in [5, 5.41) is 18.3. The summed E-state index contributed by atoms with van der Waals surface area (Å²) < 4.78 is 0. The van der Waals surface area contributed by atoms with Crippen LogP contribution in [0.4, 0.5) is 0 Å². The second kappa shape index (κ2) is 5.79. The molecule has 0 aliphatic heterocycles. The molecule has 0 bridgehead atoms. The molecule has 0 aliphatic rings. The summed E-state index contributed by atoms with van der Waals surface area (Å²) in [6.45, 7) is 3.80. The van der Waals surface area contributed by atoms with Gasteiger partial charge in [-0.3, -0.25) is 0 Å². The number of benzene rings is 1. The van der Waals surface area contributed by atoms with Gasteiger partial charge < -0.3 is 5.11 Å². The summed E-state index contributed by atoms with van der Waals surface area (Å²) in [5.74, 6) is 0.835. The SMILES string of the molecule is C[C@H](O)[C@@H](C)SCc1cccc(C#N)c1. The van der Waals surface area contributed by atoms with E-state index >= 15 is 0 Å². The Labute approximate surface area is 94.9 Å². The van der Waals surface area contributed by atoms with Crippen molar-refractivity contribution in [1.29, 1.82) is 5.26 Å². The van der Waals surface area contributed by atoms with Gasteiger partial charge in [0.1, 0.15) is 0 Å². The maximum Gasteiger partial charge on any atom is 0.0991 e. The van der Waals surface area contributed by atoms with Crippen molar-refractivity contribution < 1.29 is 5.11 Å². The van der Waals surface area contributed by atoms with Crippen molar-refractivity contribution in [3.8, 4) is 6.07 Å². The van der Waals surface area contributed by atoms with Crippen molar-refractivity contribution in [3.05, 3.63) is 35.4 Å². The molecule has 80 valence electrons. The zero-order valence-corrected chi connectivity index (χ0v) is 9.79. The van der Waals surface area contributed by atoms with Crippen molar-refractivity contribution in [2.75, 3.05) is 0 Å². The van der Waals surface area contributed by atoms with Crippen molar-refractivity contribution >= 4 is 11.8 Å². The smallest absolute Gasteiger partial charge is 0.0991 e. The molecule has 15 heavy (non-hydrogen) atoms. The molecule has 0 aromatic heterocycles. The lowest BCUT2D eigenvalue weighted by molar-refractivity contribution is 0.196. The van der Waals surface area contributed by atoms with Crippen LogP contribution in [0.1, 0.15) is 25.0 Å². The average molecular weight is 221 g/mol. The number of hydrogen-bond acceptors (Lipinski definition) is 3. The third kappa shape index (κ3) is 3.94. The first kappa shape index (κ1) is 12.1. The Kier molecular flexibility index (Phi) is 4.67. The predicted molar refractivity (Wildman–Crippen MR) is 63.6 cm³/mol. The number of nitriles is 1. The molecule has 0 fully saturated rings. The van der Waals surface area contributed by atoms with Crippen LogP contribution in [0.25, 0.3) is 0 Å². The third-order valence-corrected chi connectivity index (χ3v) is 3.67. The van der Waals surface area contributed by atoms with Gasteiger partial charge in [0.15, 0.2) is 0 Å². The molecule has 3 heteroatoms. The zero-order valence-electron chi connectivity index (χ0n) is 8.97. The van der Waals surface area contributed by atoms with Gasteiger partial charge in [-0.1, -0.05) is 19.1 Å². The molecule has 0 amide bonds. The maximum atomic E-state index is 9.33. The Hall–Kier alpha value is -0.980. The maximum absolute atomic E-state index is 9.33. The Morgan fingerprint density at radius 2 is 2.20 bits per heavy atom. The van der Waals surface area contributed by atoms with Gasteiger partial charge in [0.25, 0.3) is 0 Å². The van der Waals surface area contributed by atoms with E-state index < -0.39 is 0 Å². The third-order valence-electron chi connectivity index (χ3n) is 2.25. The molecule has 0 saturated carbocycles. The molecule has 2 atom stereocenters. The van der Waals surface area contributed by atoms with Crippen LogP contribution in [-0.4, -0.2) is 16.5 Å². The van der Waals surface area contributed by atoms with Crippen LogP contribution in [0.2, 0.25) is 0 Å². The van der Waals surface area contributed by atoms with E-state index in [4.69, 9.17) is 5.26 Å². The molecule has 1 rings (SSSR count). The molecule has 1 aromatic carbocycles. The highest BCUT2D eigenvalue weighted by Gasteiger charge is 2.08. The van der Waals surface area contributed by atoms with E-state index in [0.717, 1.165) is 11.3 Å². The van der Waals surface area contributed by atoms with Crippen LogP contribution in [-0.2, 0) is 5.75 Å². The highest BCUT2D eigenvalue weighted by atomic mass is 32.2. The predicted octanol–water partition coefficient (Wildman–Crippen LogP) is 2.56. The largest absolute Gasteiger partial charge is 0.392 e. The quantitative estimate of drug-likeness (QED) is 0.849. The van der Waals surface area contributed by atoms with E-state index in [0.29, 0.717) is 5.56 Å². The van der Waals surface area contributed by atoms with Gasteiger partial charge >= 0.3 is 0 Å². The van der Waals surface area contributed by atoms with Gasteiger partial charge in [-0.2, -0.15) is 17.0 Å². The minimum atomic E-state index is -0.297. The summed E-state index contributed by atoms with van der Waals surface area (Å²) >= 11 is 1.70. The summed E-state index contributed by atoms with van der Waals surface area (Å²) in [7, 11) is 0. The molecule has 0 aliphatic carbocycles. The van der Waals surface area contributed by atoms with Crippen LogP contribution in [0.3, 0.4) is 0 Å². The first-order valence-electron chi connectivity index (χ1n) is 4.92. The molecule has 0 saturated heterocycles. The van der Waals surface area contributed by atoms with Gasteiger partial charge in [0.05, 0.1) is 17.7 Å². The van der Waals surface area contributed by atoms with E-state index in [9.17, 15) is 5.11 Å². The number of nitrogens with zero attached hydrogens (tertiary/aromatic N) is 1. The number of rotatable bonds is 4.